The van der Waals surface area contributed by atoms with Crippen LogP contribution in [0.2, 0.25) is 0 Å². The van der Waals surface area contributed by atoms with Gasteiger partial charge in [0, 0.05) is 37.4 Å². The van der Waals surface area contributed by atoms with Gasteiger partial charge in [0.15, 0.2) is 0 Å². The molecule has 1 atom stereocenters. The molecule has 0 spiro atoms. The molecule has 2 heterocycles. The van der Waals surface area contributed by atoms with Crippen molar-refractivity contribution in [2.45, 2.75) is 25.7 Å². The summed E-state index contributed by atoms with van der Waals surface area (Å²) in [5, 5.41) is 7.36. The number of likely N-dealkylation sites (tertiary alicyclic amines) is 1. The van der Waals surface area contributed by atoms with Crippen LogP contribution in [0.5, 0.6) is 5.75 Å². The van der Waals surface area contributed by atoms with Gasteiger partial charge in [0.25, 0.3) is 5.91 Å². The second-order valence-corrected chi connectivity index (χ2v) is 6.43. The first kappa shape index (κ1) is 17.5. The van der Waals surface area contributed by atoms with Gasteiger partial charge in [-0.05, 0) is 50.1 Å². The topological polar surface area (TPSA) is 67.5 Å². The minimum atomic E-state index is 0.0698. The van der Waals surface area contributed by atoms with Crippen molar-refractivity contribution in [3.05, 3.63) is 47.3 Å². The van der Waals surface area contributed by atoms with Crippen molar-refractivity contribution in [3.63, 3.8) is 0 Å². The van der Waals surface area contributed by atoms with Crippen LogP contribution in [-0.2, 0) is 4.74 Å². The number of nitrogens with zero attached hydrogens (tertiary/aromatic N) is 2. The molecule has 6 heteroatoms. The zero-order chi connectivity index (χ0) is 17.6. The maximum Gasteiger partial charge on any atom is 0.253 e. The maximum atomic E-state index is 12.8. The number of hydrogen-bond acceptors (Lipinski definition) is 4. The zero-order valence-corrected chi connectivity index (χ0v) is 14.8. The molecule has 134 valence electrons. The quantitative estimate of drug-likeness (QED) is 0.819. The summed E-state index contributed by atoms with van der Waals surface area (Å²) < 4.78 is 10.5. The molecule has 0 radical (unpaired) electrons. The Balaban J connectivity index is 1.61. The standard InChI is InChI=1S/C19H25N3O3/c1-14-12-18(21-20-14)16-4-3-9-22(13-16)19(23)15-5-7-17(8-6-15)25-11-10-24-2/h5-8,12,16H,3-4,9-11,13H2,1-2H3,(H,20,21). The minimum absolute atomic E-state index is 0.0698. The van der Waals surface area contributed by atoms with Crippen molar-refractivity contribution in [2.75, 3.05) is 33.4 Å². The number of methoxy groups -OCH3 is 1. The monoisotopic (exact) mass is 343 g/mol. The number of benzene rings is 1. The average molecular weight is 343 g/mol. The lowest BCUT2D eigenvalue weighted by molar-refractivity contribution is 0.0706. The van der Waals surface area contributed by atoms with Gasteiger partial charge in [-0.2, -0.15) is 5.10 Å². The molecular weight excluding hydrogens is 318 g/mol. The van der Waals surface area contributed by atoms with Gasteiger partial charge in [0.05, 0.1) is 12.3 Å². The van der Waals surface area contributed by atoms with Crippen LogP contribution in [0.4, 0.5) is 0 Å². The predicted octanol–water partition coefficient (Wildman–Crippen LogP) is 2.76. The number of piperidine rings is 1. The van der Waals surface area contributed by atoms with Crippen LogP contribution < -0.4 is 4.74 Å². The number of H-pyrrole nitrogens is 1. The van der Waals surface area contributed by atoms with E-state index in [0.717, 1.165) is 43.1 Å². The molecule has 0 aliphatic carbocycles. The highest BCUT2D eigenvalue weighted by atomic mass is 16.5. The van der Waals surface area contributed by atoms with Crippen molar-refractivity contribution in [1.82, 2.24) is 15.1 Å². The van der Waals surface area contributed by atoms with E-state index in [0.29, 0.717) is 24.7 Å². The second kappa shape index (κ2) is 8.16. The number of hydrogen-bond donors (Lipinski definition) is 1. The van der Waals surface area contributed by atoms with Crippen LogP contribution >= 0.6 is 0 Å². The van der Waals surface area contributed by atoms with Gasteiger partial charge >= 0.3 is 0 Å². The number of aromatic amines is 1. The summed E-state index contributed by atoms with van der Waals surface area (Å²) in [6.07, 6.45) is 2.07. The van der Waals surface area contributed by atoms with E-state index in [-0.39, 0.29) is 5.91 Å². The lowest BCUT2D eigenvalue weighted by Gasteiger charge is -2.32. The Morgan fingerprint density at radius 2 is 2.12 bits per heavy atom. The molecule has 0 bridgehead atoms. The third-order valence-corrected chi connectivity index (χ3v) is 4.51. The van der Waals surface area contributed by atoms with Crippen LogP contribution in [0.15, 0.2) is 30.3 Å². The van der Waals surface area contributed by atoms with Crippen molar-refractivity contribution >= 4 is 5.91 Å². The molecule has 1 aliphatic heterocycles. The Kier molecular flexibility index (Phi) is 5.71. The molecule has 2 aromatic rings. The highest BCUT2D eigenvalue weighted by molar-refractivity contribution is 5.94. The smallest absolute Gasteiger partial charge is 0.253 e. The van der Waals surface area contributed by atoms with E-state index in [2.05, 4.69) is 16.3 Å². The molecule has 1 aliphatic rings. The van der Waals surface area contributed by atoms with Gasteiger partial charge < -0.3 is 14.4 Å². The van der Waals surface area contributed by atoms with Gasteiger partial charge in [0.1, 0.15) is 12.4 Å². The molecule has 1 N–H and O–H groups in total. The number of aromatic nitrogens is 2. The SMILES string of the molecule is COCCOc1ccc(C(=O)N2CCCC(c3cc(C)[nH]n3)C2)cc1. The highest BCUT2D eigenvalue weighted by Gasteiger charge is 2.26. The highest BCUT2D eigenvalue weighted by Crippen LogP contribution is 2.27. The number of ether oxygens (including phenoxy) is 2. The fraction of sp³-hybridized carbons (Fsp3) is 0.474. The predicted molar refractivity (Wildman–Crippen MR) is 95.0 cm³/mol. The Labute approximate surface area is 148 Å². The molecule has 1 aromatic heterocycles. The number of carbonyl (C=O) groups excluding carboxylic acids is 1. The molecule has 3 rings (SSSR count). The van der Waals surface area contributed by atoms with E-state index in [1.807, 2.05) is 36.1 Å². The van der Waals surface area contributed by atoms with Crippen molar-refractivity contribution in [3.8, 4) is 5.75 Å². The summed E-state index contributed by atoms with van der Waals surface area (Å²) in [5.74, 6) is 1.12. The normalized spacial score (nSPS) is 17.5. The molecule has 1 amide bonds. The van der Waals surface area contributed by atoms with Gasteiger partial charge in [-0.1, -0.05) is 0 Å². The van der Waals surface area contributed by atoms with E-state index < -0.39 is 0 Å². The molecule has 25 heavy (non-hydrogen) atoms. The van der Waals surface area contributed by atoms with Crippen LogP contribution in [-0.4, -0.2) is 54.4 Å². The van der Waals surface area contributed by atoms with Crippen LogP contribution in [0.3, 0.4) is 0 Å². The maximum absolute atomic E-state index is 12.8. The van der Waals surface area contributed by atoms with Crippen molar-refractivity contribution < 1.29 is 14.3 Å². The third kappa shape index (κ3) is 4.39. The largest absolute Gasteiger partial charge is 0.491 e. The molecule has 1 unspecified atom stereocenters. The summed E-state index contributed by atoms with van der Waals surface area (Å²) in [6.45, 7) is 4.56. The lowest BCUT2D eigenvalue weighted by atomic mass is 9.94. The van der Waals surface area contributed by atoms with Crippen LogP contribution in [0.1, 0.15) is 40.5 Å². The Morgan fingerprint density at radius 3 is 2.80 bits per heavy atom. The second-order valence-electron chi connectivity index (χ2n) is 6.43. The number of aryl methyl sites for hydroxylation is 1. The Hall–Kier alpha value is -2.34. The van der Waals surface area contributed by atoms with Gasteiger partial charge in [-0.3, -0.25) is 9.89 Å². The van der Waals surface area contributed by atoms with Gasteiger partial charge in [-0.25, -0.2) is 0 Å². The van der Waals surface area contributed by atoms with E-state index in [9.17, 15) is 4.79 Å². The lowest BCUT2D eigenvalue weighted by Crippen LogP contribution is -2.39. The number of nitrogens with one attached hydrogen (secondary N) is 1. The average Bonchev–Trinajstić information content (AvgIpc) is 3.08. The van der Waals surface area contributed by atoms with Crippen molar-refractivity contribution in [1.29, 1.82) is 0 Å². The summed E-state index contributed by atoms with van der Waals surface area (Å²) in [6, 6.07) is 9.40. The molecule has 1 aromatic carbocycles. The van der Waals surface area contributed by atoms with E-state index in [1.165, 1.54) is 0 Å². The van der Waals surface area contributed by atoms with Gasteiger partial charge in [-0.15, -0.1) is 0 Å². The molecule has 0 saturated carbocycles. The number of amides is 1. The number of rotatable bonds is 6. The molecule has 6 nitrogen and oxygen atoms in total. The number of carbonyl (C=O) groups is 1. The third-order valence-electron chi connectivity index (χ3n) is 4.51. The molecule has 1 saturated heterocycles. The van der Waals surface area contributed by atoms with E-state index in [4.69, 9.17) is 9.47 Å². The summed E-state index contributed by atoms with van der Waals surface area (Å²) in [5.41, 5.74) is 2.80. The Bertz CT molecular complexity index is 696. The van der Waals surface area contributed by atoms with Crippen LogP contribution in [0, 0.1) is 6.92 Å². The van der Waals surface area contributed by atoms with Gasteiger partial charge in [0.2, 0.25) is 0 Å². The zero-order valence-electron chi connectivity index (χ0n) is 14.8. The first-order valence-corrected chi connectivity index (χ1v) is 8.70. The first-order chi connectivity index (χ1) is 12.2. The molecular formula is C19H25N3O3. The molecule has 1 fully saturated rings. The van der Waals surface area contributed by atoms with Crippen LogP contribution in [0.25, 0.3) is 0 Å². The minimum Gasteiger partial charge on any atom is -0.491 e. The van der Waals surface area contributed by atoms with Crippen molar-refractivity contribution in [2.24, 2.45) is 0 Å². The Morgan fingerprint density at radius 1 is 1.32 bits per heavy atom. The summed E-state index contributed by atoms with van der Waals surface area (Å²) in [4.78, 5) is 14.7. The fourth-order valence-electron chi connectivity index (χ4n) is 3.17. The fourth-order valence-corrected chi connectivity index (χ4v) is 3.17. The summed E-state index contributed by atoms with van der Waals surface area (Å²) in [7, 11) is 1.64. The first-order valence-electron chi connectivity index (χ1n) is 8.70. The van der Waals surface area contributed by atoms with E-state index >= 15 is 0 Å². The van der Waals surface area contributed by atoms with E-state index in [1.54, 1.807) is 7.11 Å². The summed E-state index contributed by atoms with van der Waals surface area (Å²) >= 11 is 0.